The van der Waals surface area contributed by atoms with E-state index in [0.717, 1.165) is 0 Å². The van der Waals surface area contributed by atoms with Crippen molar-refractivity contribution in [3.63, 3.8) is 0 Å². The number of fused-ring (bicyclic) bond motifs is 1. The van der Waals surface area contributed by atoms with Crippen molar-refractivity contribution in [1.82, 2.24) is 10.4 Å². The van der Waals surface area contributed by atoms with Crippen molar-refractivity contribution >= 4 is 35.5 Å². The van der Waals surface area contributed by atoms with Gasteiger partial charge in [-0.15, -0.1) is 11.8 Å². The smallest absolute Gasteiger partial charge is 0.379 e. The lowest BCUT2D eigenvalue weighted by molar-refractivity contribution is -0.158. The summed E-state index contributed by atoms with van der Waals surface area (Å²) in [6.45, 7) is 2.35. The van der Waals surface area contributed by atoms with E-state index < -0.39 is 17.8 Å². The number of esters is 1. The van der Waals surface area contributed by atoms with Crippen LogP contribution in [0.25, 0.3) is 0 Å². The first-order valence-corrected chi connectivity index (χ1v) is 7.21. The number of rotatable bonds is 3. The van der Waals surface area contributed by atoms with E-state index >= 15 is 0 Å². The van der Waals surface area contributed by atoms with Crippen molar-refractivity contribution in [1.29, 1.82) is 0 Å². The van der Waals surface area contributed by atoms with Gasteiger partial charge in [0, 0.05) is 25.2 Å². The zero-order chi connectivity index (χ0) is 15.6. The summed E-state index contributed by atoms with van der Waals surface area (Å²) in [4.78, 5) is 51.4. The van der Waals surface area contributed by atoms with Crippen molar-refractivity contribution in [3.8, 4) is 0 Å². The Balaban J connectivity index is 2.20. The first-order valence-electron chi connectivity index (χ1n) is 6.17. The summed E-state index contributed by atoms with van der Waals surface area (Å²) in [5.74, 6) is -1.62. The van der Waals surface area contributed by atoms with Gasteiger partial charge in [-0.1, -0.05) is 0 Å². The van der Waals surface area contributed by atoms with Gasteiger partial charge in [0.15, 0.2) is 0 Å². The van der Waals surface area contributed by atoms with Crippen LogP contribution in [-0.2, 0) is 28.8 Å². The van der Waals surface area contributed by atoms with Crippen molar-refractivity contribution < 1.29 is 28.8 Å². The van der Waals surface area contributed by atoms with Gasteiger partial charge in [-0.25, -0.2) is 4.79 Å². The molecule has 1 fully saturated rings. The second-order valence-corrected chi connectivity index (χ2v) is 5.68. The third-order valence-corrected chi connectivity index (χ3v) is 4.14. The lowest BCUT2D eigenvalue weighted by Gasteiger charge is -2.44. The van der Waals surface area contributed by atoms with Crippen LogP contribution in [0, 0.1) is 0 Å². The SMILES string of the molecule is CC(=O)NOC(=O)C1=C(COC(C)=O)CS[C@H]2CC(=O)N12. The zero-order valence-corrected chi connectivity index (χ0v) is 12.3. The van der Waals surface area contributed by atoms with E-state index in [1.165, 1.54) is 30.5 Å². The van der Waals surface area contributed by atoms with Crippen LogP contribution in [0.15, 0.2) is 11.3 Å². The molecule has 21 heavy (non-hydrogen) atoms. The van der Waals surface area contributed by atoms with Crippen LogP contribution in [0.4, 0.5) is 0 Å². The molecular weight excluding hydrogens is 300 g/mol. The molecule has 0 aromatic heterocycles. The fraction of sp³-hybridized carbons (Fsp3) is 0.500. The highest BCUT2D eigenvalue weighted by Gasteiger charge is 2.46. The quantitative estimate of drug-likeness (QED) is 0.433. The summed E-state index contributed by atoms with van der Waals surface area (Å²) >= 11 is 1.48. The Kier molecular flexibility index (Phi) is 4.51. The van der Waals surface area contributed by atoms with Crippen molar-refractivity contribution in [2.75, 3.05) is 12.4 Å². The van der Waals surface area contributed by atoms with E-state index in [-0.39, 0.29) is 23.6 Å². The van der Waals surface area contributed by atoms with Gasteiger partial charge in [-0.2, -0.15) is 5.48 Å². The Morgan fingerprint density at radius 1 is 1.38 bits per heavy atom. The summed E-state index contributed by atoms with van der Waals surface area (Å²) < 4.78 is 4.89. The molecule has 0 bridgehead atoms. The number of thioether (sulfide) groups is 1. The van der Waals surface area contributed by atoms with Crippen LogP contribution < -0.4 is 5.48 Å². The van der Waals surface area contributed by atoms with E-state index in [4.69, 9.17) is 4.74 Å². The van der Waals surface area contributed by atoms with Crippen LogP contribution in [0.2, 0.25) is 0 Å². The molecular formula is C12H14N2O6S. The van der Waals surface area contributed by atoms with E-state index in [1.54, 1.807) is 0 Å². The molecule has 1 N–H and O–H groups in total. The van der Waals surface area contributed by atoms with Crippen molar-refractivity contribution in [3.05, 3.63) is 11.3 Å². The molecule has 2 aliphatic heterocycles. The van der Waals surface area contributed by atoms with Crippen LogP contribution in [-0.4, -0.2) is 46.4 Å². The molecule has 2 rings (SSSR count). The summed E-state index contributed by atoms with van der Waals surface area (Å²) in [7, 11) is 0. The first kappa shape index (κ1) is 15.4. The monoisotopic (exact) mass is 314 g/mol. The Morgan fingerprint density at radius 2 is 2.10 bits per heavy atom. The Bertz CT molecular complexity index is 544. The third-order valence-electron chi connectivity index (χ3n) is 2.86. The lowest BCUT2D eigenvalue weighted by atomic mass is 10.1. The fourth-order valence-corrected chi connectivity index (χ4v) is 3.18. The number of hydroxylamine groups is 1. The highest BCUT2D eigenvalue weighted by molar-refractivity contribution is 8.00. The molecule has 0 spiro atoms. The number of nitrogens with one attached hydrogen (secondary N) is 1. The number of carbonyl (C=O) groups excluding carboxylic acids is 4. The number of carbonyl (C=O) groups is 4. The minimum atomic E-state index is -0.842. The number of amides is 2. The van der Waals surface area contributed by atoms with E-state index in [0.29, 0.717) is 17.7 Å². The molecule has 2 amide bonds. The highest BCUT2D eigenvalue weighted by atomic mass is 32.2. The van der Waals surface area contributed by atoms with Gasteiger partial charge in [-0.3, -0.25) is 19.3 Å². The Labute approximate surface area is 124 Å². The number of hydrogen-bond acceptors (Lipinski definition) is 7. The van der Waals surface area contributed by atoms with Crippen LogP contribution in [0.5, 0.6) is 0 Å². The predicted molar refractivity (Wildman–Crippen MR) is 71.3 cm³/mol. The molecule has 1 atom stereocenters. The topological polar surface area (TPSA) is 102 Å². The molecule has 8 nitrogen and oxygen atoms in total. The van der Waals surface area contributed by atoms with Gasteiger partial charge in [0.05, 0.1) is 11.8 Å². The molecule has 2 heterocycles. The summed E-state index contributed by atoms with van der Waals surface area (Å²) in [5, 5.41) is -0.113. The molecule has 0 unspecified atom stereocenters. The van der Waals surface area contributed by atoms with Gasteiger partial charge in [0.1, 0.15) is 12.3 Å². The predicted octanol–water partition coefficient (Wildman–Crippen LogP) is -0.297. The molecule has 0 aromatic carbocycles. The molecule has 2 aliphatic rings. The number of β-lactam (4-membered cyclic amide) rings is 1. The van der Waals surface area contributed by atoms with Gasteiger partial charge in [0.25, 0.3) is 0 Å². The second kappa shape index (κ2) is 6.17. The zero-order valence-electron chi connectivity index (χ0n) is 11.5. The molecule has 1 saturated heterocycles. The standard InChI is InChI=1S/C12H14N2O6S/c1-6(15)13-20-12(18)11-8(4-19-7(2)16)5-21-10-3-9(17)14(10)11/h10H,3-5H2,1-2H3,(H,13,15)/t10-/m0/s1. The minimum Gasteiger partial charge on any atom is -0.461 e. The van der Waals surface area contributed by atoms with Crippen LogP contribution >= 0.6 is 11.8 Å². The Morgan fingerprint density at radius 3 is 2.67 bits per heavy atom. The number of ether oxygens (including phenoxy) is 1. The van der Waals surface area contributed by atoms with Crippen LogP contribution in [0.1, 0.15) is 20.3 Å². The van der Waals surface area contributed by atoms with Crippen molar-refractivity contribution in [2.45, 2.75) is 25.6 Å². The van der Waals surface area contributed by atoms with Gasteiger partial charge < -0.3 is 9.57 Å². The second-order valence-electron chi connectivity index (χ2n) is 4.51. The van der Waals surface area contributed by atoms with E-state index in [1.807, 2.05) is 5.48 Å². The molecule has 9 heteroatoms. The molecule has 0 aliphatic carbocycles. The average Bonchev–Trinajstić information content (AvgIpc) is 2.41. The maximum Gasteiger partial charge on any atom is 0.379 e. The largest absolute Gasteiger partial charge is 0.461 e. The van der Waals surface area contributed by atoms with E-state index in [2.05, 4.69) is 4.84 Å². The summed E-state index contributed by atoms with van der Waals surface area (Å²) in [5.41, 5.74) is 2.45. The minimum absolute atomic E-state index is 0.0463. The molecule has 0 radical (unpaired) electrons. The van der Waals surface area contributed by atoms with E-state index in [9.17, 15) is 19.2 Å². The maximum atomic E-state index is 12.1. The molecule has 0 saturated carbocycles. The normalized spacial score (nSPS) is 20.4. The average molecular weight is 314 g/mol. The molecule has 114 valence electrons. The van der Waals surface area contributed by atoms with Gasteiger partial charge in [-0.05, 0) is 0 Å². The first-order chi connectivity index (χ1) is 9.90. The highest BCUT2D eigenvalue weighted by Crippen LogP contribution is 2.40. The van der Waals surface area contributed by atoms with Gasteiger partial charge >= 0.3 is 11.9 Å². The lowest BCUT2D eigenvalue weighted by Crippen LogP contribution is -2.54. The third kappa shape index (κ3) is 3.35. The number of nitrogens with zero attached hydrogens (tertiary/aromatic N) is 1. The molecule has 0 aromatic rings. The van der Waals surface area contributed by atoms with Crippen LogP contribution in [0.3, 0.4) is 0 Å². The summed E-state index contributed by atoms with van der Waals surface area (Å²) in [6, 6.07) is 0. The Hall–Kier alpha value is -2.03. The van der Waals surface area contributed by atoms with Crippen molar-refractivity contribution in [2.24, 2.45) is 0 Å². The fourth-order valence-electron chi connectivity index (χ4n) is 1.93. The van der Waals surface area contributed by atoms with Gasteiger partial charge in [0.2, 0.25) is 11.8 Å². The number of hydrogen-bond donors (Lipinski definition) is 1. The maximum absolute atomic E-state index is 12.1. The summed E-state index contributed by atoms with van der Waals surface area (Å²) in [6.07, 6.45) is 0.350.